The fourth-order valence-corrected chi connectivity index (χ4v) is 3.72. The van der Waals surface area contributed by atoms with E-state index in [1.165, 1.54) is 11.1 Å². The Labute approximate surface area is 171 Å². The van der Waals surface area contributed by atoms with E-state index in [1.807, 2.05) is 42.8 Å². The van der Waals surface area contributed by atoms with Crippen LogP contribution in [-0.4, -0.2) is 51.7 Å². The molecule has 1 aliphatic heterocycles. The highest BCUT2D eigenvalue weighted by Crippen LogP contribution is 2.27. The summed E-state index contributed by atoms with van der Waals surface area (Å²) in [5.74, 6) is -0.246. The summed E-state index contributed by atoms with van der Waals surface area (Å²) >= 11 is 1.15. The summed E-state index contributed by atoms with van der Waals surface area (Å²) in [6.07, 6.45) is 6.19. The van der Waals surface area contributed by atoms with Gasteiger partial charge in [-0.25, -0.2) is 19.7 Å². The highest BCUT2D eigenvalue weighted by molar-refractivity contribution is 7.17. The van der Waals surface area contributed by atoms with E-state index in [0.29, 0.717) is 29.7 Å². The average Bonchev–Trinajstić information content (AvgIpc) is 3.43. The number of nitrogens with zero attached hydrogens (tertiary/aromatic N) is 4. The van der Waals surface area contributed by atoms with Crippen molar-refractivity contribution in [2.75, 3.05) is 18.1 Å². The van der Waals surface area contributed by atoms with Crippen LogP contribution in [0.1, 0.15) is 29.1 Å². The lowest BCUT2D eigenvalue weighted by Crippen LogP contribution is -2.26. The second kappa shape index (κ2) is 8.18. The van der Waals surface area contributed by atoms with E-state index in [9.17, 15) is 9.59 Å². The summed E-state index contributed by atoms with van der Waals surface area (Å²) in [6.45, 7) is 4.90. The Morgan fingerprint density at radius 3 is 3.10 bits per heavy atom. The van der Waals surface area contributed by atoms with Crippen LogP contribution in [-0.2, 0) is 16.0 Å². The van der Waals surface area contributed by atoms with E-state index in [0.717, 1.165) is 22.5 Å². The molecule has 0 bridgehead atoms. The minimum atomic E-state index is -0.475. The Hall–Kier alpha value is -2.98. The van der Waals surface area contributed by atoms with Gasteiger partial charge in [0.25, 0.3) is 5.91 Å². The Kier molecular flexibility index (Phi) is 5.45. The molecule has 3 aromatic heterocycles. The molecule has 4 heterocycles. The number of hydrogen-bond donors (Lipinski definition) is 1. The van der Waals surface area contributed by atoms with Crippen molar-refractivity contribution >= 4 is 34.1 Å². The van der Waals surface area contributed by atoms with Crippen LogP contribution < -0.4 is 10.2 Å². The van der Waals surface area contributed by atoms with Crippen molar-refractivity contribution < 1.29 is 19.1 Å². The van der Waals surface area contributed by atoms with Gasteiger partial charge in [-0.1, -0.05) is 11.3 Å². The summed E-state index contributed by atoms with van der Waals surface area (Å²) in [6, 6.07) is 3.84. The molecule has 152 valence electrons. The molecule has 10 heteroatoms. The molecule has 29 heavy (non-hydrogen) atoms. The molecule has 1 atom stereocenters. The molecule has 2 amide bonds. The molecule has 0 aromatic carbocycles. The first-order chi connectivity index (χ1) is 14.0. The first-order valence-corrected chi connectivity index (χ1v) is 10.1. The van der Waals surface area contributed by atoms with Crippen LogP contribution in [0.5, 0.6) is 0 Å². The Morgan fingerprint density at radius 1 is 1.41 bits per heavy atom. The maximum Gasteiger partial charge on any atom is 0.416 e. The zero-order chi connectivity index (χ0) is 20.4. The van der Waals surface area contributed by atoms with Gasteiger partial charge in [-0.15, -0.1) is 0 Å². The Balaban J connectivity index is 1.35. The van der Waals surface area contributed by atoms with Crippen molar-refractivity contribution in [2.24, 2.45) is 0 Å². The molecular formula is C19H21N5O4S. The number of rotatable bonds is 7. The van der Waals surface area contributed by atoms with E-state index in [1.54, 1.807) is 6.20 Å². The van der Waals surface area contributed by atoms with Crippen molar-refractivity contribution in [2.45, 2.75) is 32.6 Å². The van der Waals surface area contributed by atoms with Gasteiger partial charge in [0.2, 0.25) is 0 Å². The molecular weight excluding hydrogens is 394 g/mol. The molecule has 0 radical (unpaired) electrons. The minimum Gasteiger partial charge on any atom is -0.441 e. The molecule has 0 unspecified atom stereocenters. The van der Waals surface area contributed by atoms with Crippen molar-refractivity contribution in [1.82, 2.24) is 19.7 Å². The number of thiazole rings is 1. The first-order valence-electron chi connectivity index (χ1n) is 9.25. The maximum atomic E-state index is 12.5. The zero-order valence-corrected chi connectivity index (χ0v) is 16.9. The summed E-state index contributed by atoms with van der Waals surface area (Å²) in [5, 5.41) is 3.30. The van der Waals surface area contributed by atoms with Crippen LogP contribution in [0.4, 0.5) is 9.93 Å². The third-order valence-corrected chi connectivity index (χ3v) is 5.37. The predicted molar refractivity (Wildman–Crippen MR) is 107 cm³/mol. The monoisotopic (exact) mass is 415 g/mol. The van der Waals surface area contributed by atoms with Crippen molar-refractivity contribution in [1.29, 1.82) is 0 Å². The third-order valence-electron chi connectivity index (χ3n) is 4.35. The van der Waals surface area contributed by atoms with Crippen molar-refractivity contribution in [3.63, 3.8) is 0 Å². The molecule has 0 spiro atoms. The summed E-state index contributed by atoms with van der Waals surface area (Å²) < 4.78 is 12.7. The third kappa shape index (κ3) is 4.38. The summed E-state index contributed by atoms with van der Waals surface area (Å²) in [5.41, 5.74) is 1.76. The smallest absolute Gasteiger partial charge is 0.416 e. The number of imidazole rings is 1. The van der Waals surface area contributed by atoms with Gasteiger partial charge >= 0.3 is 6.09 Å². The number of ether oxygens (including phenoxy) is 2. The molecule has 1 N–H and O–H groups in total. The predicted octanol–water partition coefficient (Wildman–Crippen LogP) is 2.47. The van der Waals surface area contributed by atoms with Crippen LogP contribution in [0.25, 0.3) is 5.65 Å². The number of fused-ring (bicyclic) bond motifs is 1. The maximum absolute atomic E-state index is 12.5. The highest BCUT2D eigenvalue weighted by Gasteiger charge is 2.34. The molecule has 3 aromatic rings. The van der Waals surface area contributed by atoms with Gasteiger partial charge in [0.15, 0.2) is 5.13 Å². The summed E-state index contributed by atoms with van der Waals surface area (Å²) in [7, 11) is 0. The number of hydrogen-bond acceptors (Lipinski definition) is 7. The van der Waals surface area contributed by atoms with Gasteiger partial charge < -0.3 is 19.2 Å². The number of cyclic esters (lactones) is 1. The number of pyridine rings is 1. The topological polar surface area (TPSA) is 98.1 Å². The molecule has 9 nitrogen and oxygen atoms in total. The highest BCUT2D eigenvalue weighted by atomic mass is 32.1. The number of amides is 2. The molecule has 1 aliphatic rings. The molecule has 0 saturated carbocycles. The lowest BCUT2D eigenvalue weighted by Gasteiger charge is -2.11. The van der Waals surface area contributed by atoms with Gasteiger partial charge in [-0.3, -0.25) is 4.79 Å². The standard InChI is InChI=1S/C19H21N5O4S/c1-12(2)27-11-14-10-24(19(26)28-14)18-22-9-15(29-18)17(25)21-8-13-3-5-23-6-4-20-16(23)7-13/h3-7,9,12,14H,8,10-11H2,1-2H3,(H,21,25)/t14-/m0/s1. The molecule has 1 saturated heterocycles. The van der Waals surface area contributed by atoms with E-state index in [4.69, 9.17) is 9.47 Å². The summed E-state index contributed by atoms with van der Waals surface area (Å²) in [4.78, 5) is 34.9. The normalized spacial score (nSPS) is 16.6. The quantitative estimate of drug-likeness (QED) is 0.637. The molecule has 0 aliphatic carbocycles. The van der Waals surface area contributed by atoms with Gasteiger partial charge in [0, 0.05) is 25.1 Å². The second-order valence-corrected chi connectivity index (χ2v) is 7.93. The Bertz CT molecular complexity index is 1030. The van der Waals surface area contributed by atoms with Crippen LogP contribution >= 0.6 is 11.3 Å². The van der Waals surface area contributed by atoms with Crippen LogP contribution in [0.3, 0.4) is 0 Å². The minimum absolute atomic E-state index is 0.0621. The lowest BCUT2D eigenvalue weighted by atomic mass is 10.2. The number of carbonyl (C=O) groups excluding carboxylic acids is 2. The van der Waals surface area contributed by atoms with E-state index in [-0.39, 0.29) is 18.1 Å². The number of carbonyl (C=O) groups is 2. The number of aromatic nitrogens is 3. The SMILES string of the molecule is CC(C)OC[C@@H]1CN(c2ncc(C(=O)NCc3ccn4ccnc4c3)s2)C(=O)O1. The van der Waals surface area contributed by atoms with E-state index in [2.05, 4.69) is 15.3 Å². The second-order valence-electron chi connectivity index (χ2n) is 6.92. The van der Waals surface area contributed by atoms with Crippen LogP contribution in [0.2, 0.25) is 0 Å². The largest absolute Gasteiger partial charge is 0.441 e. The van der Waals surface area contributed by atoms with Gasteiger partial charge in [-0.05, 0) is 31.5 Å². The van der Waals surface area contributed by atoms with Crippen molar-refractivity contribution in [3.05, 3.63) is 47.4 Å². The average molecular weight is 415 g/mol. The fraction of sp³-hybridized carbons (Fsp3) is 0.368. The Morgan fingerprint density at radius 2 is 2.28 bits per heavy atom. The van der Waals surface area contributed by atoms with Gasteiger partial charge in [0.05, 0.1) is 25.5 Å². The zero-order valence-electron chi connectivity index (χ0n) is 16.1. The van der Waals surface area contributed by atoms with Crippen LogP contribution in [0.15, 0.2) is 36.9 Å². The van der Waals surface area contributed by atoms with Crippen molar-refractivity contribution in [3.8, 4) is 0 Å². The first kappa shape index (κ1) is 19.3. The molecule has 1 fully saturated rings. The number of nitrogens with one attached hydrogen (secondary N) is 1. The lowest BCUT2D eigenvalue weighted by molar-refractivity contribution is 0.0153. The molecule has 4 rings (SSSR count). The van der Waals surface area contributed by atoms with Gasteiger partial charge in [0.1, 0.15) is 16.6 Å². The number of anilines is 1. The van der Waals surface area contributed by atoms with Crippen LogP contribution in [0, 0.1) is 0 Å². The fourth-order valence-electron chi connectivity index (χ4n) is 2.89. The van der Waals surface area contributed by atoms with E-state index >= 15 is 0 Å². The van der Waals surface area contributed by atoms with E-state index < -0.39 is 6.09 Å². The van der Waals surface area contributed by atoms with Gasteiger partial charge in [-0.2, -0.15) is 0 Å².